The standard InChI is InChI=1S/C9H13N3O2/c1-10-9(13)12-6-7-3-4-8(14-2)11-5-7/h3-5H,6H2,1-2H3,(H2,10,12,13). The minimum absolute atomic E-state index is 0.208. The lowest BCUT2D eigenvalue weighted by atomic mass is 10.3. The molecule has 0 aliphatic rings. The zero-order valence-corrected chi connectivity index (χ0v) is 8.20. The summed E-state index contributed by atoms with van der Waals surface area (Å²) in [6.07, 6.45) is 1.66. The van der Waals surface area contributed by atoms with Gasteiger partial charge in [0.1, 0.15) is 0 Å². The number of rotatable bonds is 3. The van der Waals surface area contributed by atoms with E-state index >= 15 is 0 Å². The molecular weight excluding hydrogens is 182 g/mol. The van der Waals surface area contributed by atoms with Crippen molar-refractivity contribution in [2.75, 3.05) is 14.2 Å². The fourth-order valence-corrected chi connectivity index (χ4v) is 0.907. The molecule has 76 valence electrons. The summed E-state index contributed by atoms with van der Waals surface area (Å²) in [5, 5.41) is 5.12. The van der Waals surface area contributed by atoms with Gasteiger partial charge < -0.3 is 15.4 Å². The summed E-state index contributed by atoms with van der Waals surface area (Å²) >= 11 is 0. The third-order valence-electron chi connectivity index (χ3n) is 1.69. The Labute approximate surface area is 82.5 Å². The van der Waals surface area contributed by atoms with Crippen LogP contribution in [0.4, 0.5) is 4.79 Å². The number of carbonyl (C=O) groups excluding carboxylic acids is 1. The second-order valence-corrected chi connectivity index (χ2v) is 2.64. The molecule has 0 unspecified atom stereocenters. The maximum atomic E-state index is 10.8. The molecule has 0 saturated carbocycles. The van der Waals surface area contributed by atoms with E-state index in [0.29, 0.717) is 12.4 Å². The van der Waals surface area contributed by atoms with E-state index in [9.17, 15) is 4.79 Å². The summed E-state index contributed by atoms with van der Waals surface area (Å²) in [6, 6.07) is 3.39. The van der Waals surface area contributed by atoms with Crippen molar-refractivity contribution in [3.05, 3.63) is 23.9 Å². The smallest absolute Gasteiger partial charge is 0.314 e. The van der Waals surface area contributed by atoms with Crippen LogP contribution in [-0.2, 0) is 6.54 Å². The van der Waals surface area contributed by atoms with Gasteiger partial charge in [0, 0.05) is 25.9 Å². The van der Waals surface area contributed by atoms with E-state index in [0.717, 1.165) is 5.56 Å². The Hall–Kier alpha value is -1.78. The predicted molar refractivity (Wildman–Crippen MR) is 52.1 cm³/mol. The SMILES string of the molecule is CNC(=O)NCc1ccc(OC)nc1. The molecule has 5 heteroatoms. The van der Waals surface area contributed by atoms with Crippen LogP contribution < -0.4 is 15.4 Å². The number of methoxy groups -OCH3 is 1. The first-order valence-electron chi connectivity index (χ1n) is 4.20. The number of carbonyl (C=O) groups is 1. The lowest BCUT2D eigenvalue weighted by Crippen LogP contribution is -2.32. The third kappa shape index (κ3) is 2.93. The Morgan fingerprint density at radius 2 is 2.36 bits per heavy atom. The lowest BCUT2D eigenvalue weighted by molar-refractivity contribution is 0.242. The number of aromatic nitrogens is 1. The van der Waals surface area contributed by atoms with Crippen LogP contribution >= 0.6 is 0 Å². The molecule has 14 heavy (non-hydrogen) atoms. The fourth-order valence-electron chi connectivity index (χ4n) is 0.907. The van der Waals surface area contributed by atoms with Crippen molar-refractivity contribution in [2.45, 2.75) is 6.54 Å². The number of hydrogen-bond donors (Lipinski definition) is 2. The highest BCUT2D eigenvalue weighted by molar-refractivity contribution is 5.73. The van der Waals surface area contributed by atoms with Crippen molar-refractivity contribution in [1.82, 2.24) is 15.6 Å². The second kappa shape index (κ2) is 5.06. The van der Waals surface area contributed by atoms with Crippen molar-refractivity contribution in [3.8, 4) is 5.88 Å². The van der Waals surface area contributed by atoms with Crippen LogP contribution in [0.25, 0.3) is 0 Å². The molecule has 2 amide bonds. The zero-order valence-electron chi connectivity index (χ0n) is 8.20. The van der Waals surface area contributed by atoms with Gasteiger partial charge in [0.25, 0.3) is 0 Å². The van der Waals surface area contributed by atoms with Crippen LogP contribution in [0, 0.1) is 0 Å². The molecule has 0 atom stereocenters. The highest BCUT2D eigenvalue weighted by atomic mass is 16.5. The molecule has 1 rings (SSSR count). The molecule has 0 radical (unpaired) electrons. The number of urea groups is 1. The number of ether oxygens (including phenoxy) is 1. The van der Waals surface area contributed by atoms with E-state index in [1.807, 2.05) is 6.07 Å². The van der Waals surface area contributed by atoms with Crippen LogP contribution in [0.3, 0.4) is 0 Å². The Kier molecular flexibility index (Phi) is 3.72. The van der Waals surface area contributed by atoms with Crippen molar-refractivity contribution in [2.24, 2.45) is 0 Å². The van der Waals surface area contributed by atoms with Gasteiger partial charge in [0.15, 0.2) is 0 Å². The van der Waals surface area contributed by atoms with Gasteiger partial charge in [-0.05, 0) is 5.56 Å². The quantitative estimate of drug-likeness (QED) is 0.739. The Bertz CT molecular complexity index is 297. The van der Waals surface area contributed by atoms with Crippen LogP contribution in [0.2, 0.25) is 0 Å². The maximum Gasteiger partial charge on any atom is 0.314 e. The summed E-state index contributed by atoms with van der Waals surface area (Å²) in [5.41, 5.74) is 0.925. The summed E-state index contributed by atoms with van der Waals surface area (Å²) in [4.78, 5) is 14.8. The topological polar surface area (TPSA) is 63.2 Å². The molecule has 0 spiro atoms. The largest absolute Gasteiger partial charge is 0.481 e. The summed E-state index contributed by atoms with van der Waals surface area (Å²) in [7, 11) is 3.13. The molecule has 1 aromatic heterocycles. The minimum atomic E-state index is -0.208. The number of nitrogens with zero attached hydrogens (tertiary/aromatic N) is 1. The second-order valence-electron chi connectivity index (χ2n) is 2.64. The molecule has 1 aromatic rings. The normalized spacial score (nSPS) is 9.29. The highest BCUT2D eigenvalue weighted by Gasteiger charge is 1.98. The van der Waals surface area contributed by atoms with Gasteiger partial charge in [-0.25, -0.2) is 9.78 Å². The average molecular weight is 195 g/mol. The molecule has 0 saturated heterocycles. The van der Waals surface area contributed by atoms with Crippen molar-refractivity contribution < 1.29 is 9.53 Å². The summed E-state index contributed by atoms with van der Waals surface area (Å²) < 4.78 is 4.91. The maximum absolute atomic E-state index is 10.8. The minimum Gasteiger partial charge on any atom is -0.481 e. The molecule has 2 N–H and O–H groups in total. The van der Waals surface area contributed by atoms with Gasteiger partial charge in [0.2, 0.25) is 5.88 Å². The van der Waals surface area contributed by atoms with E-state index in [1.54, 1.807) is 26.4 Å². The van der Waals surface area contributed by atoms with Crippen molar-refractivity contribution in [3.63, 3.8) is 0 Å². The van der Waals surface area contributed by atoms with Crippen molar-refractivity contribution in [1.29, 1.82) is 0 Å². The Morgan fingerprint density at radius 3 is 2.86 bits per heavy atom. The van der Waals surface area contributed by atoms with Crippen LogP contribution in [0.5, 0.6) is 5.88 Å². The van der Waals surface area contributed by atoms with E-state index in [1.165, 1.54) is 0 Å². The molecule has 0 aliphatic heterocycles. The number of hydrogen-bond acceptors (Lipinski definition) is 3. The first-order chi connectivity index (χ1) is 6.76. The zero-order chi connectivity index (χ0) is 10.4. The number of nitrogens with one attached hydrogen (secondary N) is 2. The van der Waals surface area contributed by atoms with E-state index in [2.05, 4.69) is 15.6 Å². The first-order valence-corrected chi connectivity index (χ1v) is 4.20. The third-order valence-corrected chi connectivity index (χ3v) is 1.69. The summed E-state index contributed by atoms with van der Waals surface area (Å²) in [6.45, 7) is 0.455. The number of amides is 2. The van der Waals surface area contributed by atoms with Crippen LogP contribution in [-0.4, -0.2) is 25.2 Å². The van der Waals surface area contributed by atoms with Crippen molar-refractivity contribution >= 4 is 6.03 Å². The average Bonchev–Trinajstić information content (AvgIpc) is 2.26. The molecule has 0 fully saturated rings. The van der Waals surface area contributed by atoms with Gasteiger partial charge in [-0.3, -0.25) is 0 Å². The van der Waals surface area contributed by atoms with Gasteiger partial charge >= 0.3 is 6.03 Å². The van der Waals surface area contributed by atoms with Crippen LogP contribution in [0.1, 0.15) is 5.56 Å². The van der Waals surface area contributed by atoms with Crippen LogP contribution in [0.15, 0.2) is 18.3 Å². The monoisotopic (exact) mass is 195 g/mol. The Balaban J connectivity index is 2.47. The molecule has 0 aliphatic carbocycles. The lowest BCUT2D eigenvalue weighted by Gasteiger charge is -2.04. The van der Waals surface area contributed by atoms with E-state index in [4.69, 9.17) is 4.74 Å². The van der Waals surface area contributed by atoms with Gasteiger partial charge in [-0.15, -0.1) is 0 Å². The van der Waals surface area contributed by atoms with E-state index < -0.39 is 0 Å². The molecule has 0 aromatic carbocycles. The fraction of sp³-hybridized carbons (Fsp3) is 0.333. The molecule has 5 nitrogen and oxygen atoms in total. The highest BCUT2D eigenvalue weighted by Crippen LogP contribution is 2.05. The summed E-state index contributed by atoms with van der Waals surface area (Å²) in [5.74, 6) is 0.564. The number of pyridine rings is 1. The van der Waals surface area contributed by atoms with Gasteiger partial charge in [0.05, 0.1) is 7.11 Å². The first kappa shape index (κ1) is 10.3. The molecule has 0 bridgehead atoms. The van der Waals surface area contributed by atoms with Gasteiger partial charge in [-0.1, -0.05) is 6.07 Å². The Morgan fingerprint density at radius 1 is 1.57 bits per heavy atom. The molecular formula is C9H13N3O2. The molecule has 1 heterocycles. The van der Waals surface area contributed by atoms with E-state index in [-0.39, 0.29) is 6.03 Å². The predicted octanol–water partition coefficient (Wildman–Crippen LogP) is 0.519. The van der Waals surface area contributed by atoms with Gasteiger partial charge in [-0.2, -0.15) is 0 Å².